The average molecular weight is 285 g/mol. The summed E-state index contributed by atoms with van der Waals surface area (Å²) in [5.74, 6) is 0. The highest BCUT2D eigenvalue weighted by Gasteiger charge is 2.32. The van der Waals surface area contributed by atoms with E-state index in [2.05, 4.69) is 15.9 Å². The average Bonchev–Trinajstić information content (AvgIpc) is 2.07. The number of rotatable bonds is 1. The van der Waals surface area contributed by atoms with Crippen LogP contribution in [0.25, 0.3) is 6.08 Å². The van der Waals surface area contributed by atoms with E-state index in [0.717, 1.165) is 10.5 Å². The molecule has 0 nitrogen and oxygen atoms in total. The van der Waals surface area contributed by atoms with Crippen molar-refractivity contribution in [2.75, 3.05) is 0 Å². The standard InChI is InChI=1S/C9H5BrClF3/c10-7-3-1-6(2-4-7)5-8(11)9(12,13)14/h1-5H. The molecule has 5 heteroatoms. The van der Waals surface area contributed by atoms with Gasteiger partial charge in [-0.1, -0.05) is 39.7 Å². The lowest BCUT2D eigenvalue weighted by molar-refractivity contribution is -0.0836. The molecule has 0 heterocycles. The Hall–Kier alpha value is -0.480. The number of halogens is 5. The number of hydrogen-bond acceptors (Lipinski definition) is 0. The molecule has 0 atom stereocenters. The first kappa shape index (κ1) is 11.6. The topological polar surface area (TPSA) is 0 Å². The molecule has 0 aliphatic heterocycles. The smallest absolute Gasteiger partial charge is 0.165 e. The van der Waals surface area contributed by atoms with Crippen LogP contribution in [0, 0.1) is 0 Å². The van der Waals surface area contributed by atoms with E-state index < -0.39 is 11.2 Å². The van der Waals surface area contributed by atoms with Gasteiger partial charge in [0.1, 0.15) is 5.03 Å². The summed E-state index contributed by atoms with van der Waals surface area (Å²) in [6.07, 6.45) is -3.59. The molecule has 0 saturated carbocycles. The maximum absolute atomic E-state index is 12.0. The molecule has 1 aromatic rings. The largest absolute Gasteiger partial charge is 0.426 e. The van der Waals surface area contributed by atoms with Gasteiger partial charge in [0.2, 0.25) is 0 Å². The van der Waals surface area contributed by atoms with Crippen LogP contribution >= 0.6 is 27.5 Å². The zero-order valence-electron chi connectivity index (χ0n) is 6.78. The fraction of sp³-hybridized carbons (Fsp3) is 0.111. The van der Waals surface area contributed by atoms with E-state index in [1.54, 1.807) is 12.1 Å². The summed E-state index contributed by atoms with van der Waals surface area (Å²) >= 11 is 8.23. The summed E-state index contributed by atoms with van der Waals surface area (Å²) in [4.78, 5) is 0. The molecular formula is C9H5BrClF3. The summed E-state index contributed by atoms with van der Waals surface area (Å²) in [6.45, 7) is 0. The summed E-state index contributed by atoms with van der Waals surface area (Å²) in [6, 6.07) is 6.37. The van der Waals surface area contributed by atoms with Crippen molar-refractivity contribution < 1.29 is 13.2 Å². The van der Waals surface area contributed by atoms with Gasteiger partial charge in [0.15, 0.2) is 0 Å². The lowest BCUT2D eigenvalue weighted by Gasteiger charge is -2.03. The van der Waals surface area contributed by atoms with Gasteiger partial charge in [0, 0.05) is 4.47 Å². The molecule has 1 aromatic carbocycles. The minimum Gasteiger partial charge on any atom is -0.165 e. The van der Waals surface area contributed by atoms with Crippen LogP contribution in [-0.4, -0.2) is 6.18 Å². The molecular weight excluding hydrogens is 280 g/mol. The van der Waals surface area contributed by atoms with E-state index in [1.807, 2.05) is 0 Å². The third-order valence-electron chi connectivity index (χ3n) is 1.43. The fourth-order valence-corrected chi connectivity index (χ4v) is 1.18. The monoisotopic (exact) mass is 284 g/mol. The first-order valence-corrected chi connectivity index (χ1v) is 4.76. The van der Waals surface area contributed by atoms with Gasteiger partial charge in [-0.2, -0.15) is 13.2 Å². The molecule has 0 aromatic heterocycles. The molecule has 1 rings (SSSR count). The van der Waals surface area contributed by atoms with Crippen molar-refractivity contribution >= 4 is 33.6 Å². The molecule has 0 spiro atoms. The summed E-state index contributed by atoms with van der Waals surface area (Å²) in [5.41, 5.74) is 0.413. The maximum Gasteiger partial charge on any atom is 0.426 e. The SMILES string of the molecule is FC(F)(F)C(Cl)=Cc1ccc(Br)cc1. The highest BCUT2D eigenvalue weighted by Crippen LogP contribution is 2.30. The molecule has 14 heavy (non-hydrogen) atoms. The Morgan fingerprint density at radius 1 is 1.21 bits per heavy atom. The molecule has 0 bridgehead atoms. The third kappa shape index (κ3) is 3.35. The Morgan fingerprint density at radius 2 is 1.71 bits per heavy atom. The van der Waals surface area contributed by atoms with Gasteiger partial charge in [0.05, 0.1) is 0 Å². The summed E-state index contributed by atoms with van der Waals surface area (Å²) in [7, 11) is 0. The van der Waals surface area contributed by atoms with E-state index in [0.29, 0.717) is 5.56 Å². The van der Waals surface area contributed by atoms with E-state index in [4.69, 9.17) is 11.6 Å². The summed E-state index contributed by atoms with van der Waals surface area (Å²) in [5, 5.41) is -1.13. The van der Waals surface area contributed by atoms with Gasteiger partial charge in [-0.15, -0.1) is 0 Å². The Kier molecular flexibility index (Phi) is 3.61. The second kappa shape index (κ2) is 4.36. The van der Waals surface area contributed by atoms with E-state index >= 15 is 0 Å². The number of benzene rings is 1. The second-order valence-corrected chi connectivity index (χ2v) is 3.86. The van der Waals surface area contributed by atoms with Crippen LogP contribution in [0.15, 0.2) is 33.8 Å². The number of hydrogen-bond donors (Lipinski definition) is 0. The highest BCUT2D eigenvalue weighted by molar-refractivity contribution is 9.10. The lowest BCUT2D eigenvalue weighted by atomic mass is 10.2. The molecule has 76 valence electrons. The van der Waals surface area contributed by atoms with Crippen LogP contribution in [0.3, 0.4) is 0 Å². The van der Waals surface area contributed by atoms with E-state index in [9.17, 15) is 13.2 Å². The Bertz CT molecular complexity index is 340. The Morgan fingerprint density at radius 3 is 2.14 bits per heavy atom. The van der Waals surface area contributed by atoms with Gasteiger partial charge in [-0.3, -0.25) is 0 Å². The molecule has 0 radical (unpaired) electrons. The second-order valence-electron chi connectivity index (χ2n) is 2.54. The van der Waals surface area contributed by atoms with Crippen LogP contribution in [0.5, 0.6) is 0 Å². The number of allylic oxidation sites excluding steroid dienone is 1. The van der Waals surface area contributed by atoms with Crippen LogP contribution in [0.4, 0.5) is 13.2 Å². The Labute approximate surface area is 92.5 Å². The first-order chi connectivity index (χ1) is 6.39. The molecule has 0 unspecified atom stereocenters. The van der Waals surface area contributed by atoms with Crippen molar-refractivity contribution in [3.8, 4) is 0 Å². The van der Waals surface area contributed by atoms with Gasteiger partial charge >= 0.3 is 6.18 Å². The maximum atomic E-state index is 12.0. The zero-order chi connectivity index (χ0) is 10.8. The third-order valence-corrected chi connectivity index (χ3v) is 2.29. The quantitative estimate of drug-likeness (QED) is 0.708. The molecule has 0 N–H and O–H groups in total. The van der Waals surface area contributed by atoms with E-state index in [1.165, 1.54) is 12.1 Å². The fourth-order valence-electron chi connectivity index (χ4n) is 0.787. The first-order valence-electron chi connectivity index (χ1n) is 3.59. The van der Waals surface area contributed by atoms with Crippen molar-refractivity contribution in [3.05, 3.63) is 39.3 Å². The molecule has 0 fully saturated rings. The van der Waals surface area contributed by atoms with Crippen molar-refractivity contribution in [2.24, 2.45) is 0 Å². The summed E-state index contributed by atoms with van der Waals surface area (Å²) < 4.78 is 36.8. The highest BCUT2D eigenvalue weighted by atomic mass is 79.9. The van der Waals surface area contributed by atoms with Crippen LogP contribution in [0.1, 0.15) is 5.56 Å². The molecule has 0 saturated heterocycles. The van der Waals surface area contributed by atoms with E-state index in [-0.39, 0.29) is 0 Å². The van der Waals surface area contributed by atoms with Gasteiger partial charge in [-0.25, -0.2) is 0 Å². The number of alkyl halides is 3. The van der Waals surface area contributed by atoms with Gasteiger partial charge < -0.3 is 0 Å². The van der Waals surface area contributed by atoms with Crippen molar-refractivity contribution in [1.29, 1.82) is 0 Å². The lowest BCUT2D eigenvalue weighted by Crippen LogP contribution is -2.06. The predicted molar refractivity (Wildman–Crippen MR) is 54.0 cm³/mol. The van der Waals surface area contributed by atoms with Crippen LogP contribution in [-0.2, 0) is 0 Å². The normalized spacial score (nSPS) is 13.1. The minimum atomic E-state index is -4.48. The van der Waals surface area contributed by atoms with Crippen molar-refractivity contribution in [3.63, 3.8) is 0 Å². The van der Waals surface area contributed by atoms with Crippen LogP contribution < -0.4 is 0 Å². The van der Waals surface area contributed by atoms with Gasteiger partial charge in [-0.05, 0) is 23.8 Å². The predicted octanol–water partition coefficient (Wildman–Crippen LogP) is 4.59. The molecule has 0 aliphatic carbocycles. The Balaban J connectivity index is 2.93. The molecule has 0 amide bonds. The minimum absolute atomic E-state index is 0.413. The molecule has 0 aliphatic rings. The zero-order valence-corrected chi connectivity index (χ0v) is 9.12. The van der Waals surface area contributed by atoms with Gasteiger partial charge in [0.25, 0.3) is 0 Å². The van der Waals surface area contributed by atoms with Crippen molar-refractivity contribution in [1.82, 2.24) is 0 Å². The van der Waals surface area contributed by atoms with Crippen molar-refractivity contribution in [2.45, 2.75) is 6.18 Å². The van der Waals surface area contributed by atoms with Crippen LogP contribution in [0.2, 0.25) is 0 Å².